The highest BCUT2D eigenvalue weighted by atomic mass is 16.4. The molecule has 0 bridgehead atoms. The third kappa shape index (κ3) is 3.96. The van der Waals surface area contributed by atoms with Crippen molar-refractivity contribution in [3.05, 3.63) is 34.8 Å². The molecule has 0 radical (unpaired) electrons. The standard InChI is InChI=1S/C18H24N4O4/c1-19(2)16(23)12-20-8-5-9-21(11-10-20)17(24)13-22-14-6-3-4-7-15(14)26-18(22)25/h3-4,6-7H,5,8-13H2,1-2H3. The number of hydrogen-bond acceptors (Lipinski definition) is 5. The summed E-state index contributed by atoms with van der Waals surface area (Å²) >= 11 is 0. The molecule has 1 aliphatic rings. The Morgan fingerprint density at radius 3 is 2.62 bits per heavy atom. The maximum atomic E-state index is 12.7. The van der Waals surface area contributed by atoms with Gasteiger partial charge in [-0.25, -0.2) is 4.79 Å². The zero-order valence-corrected chi connectivity index (χ0v) is 15.2. The highest BCUT2D eigenvalue weighted by Gasteiger charge is 2.22. The number of oxazole rings is 1. The van der Waals surface area contributed by atoms with Gasteiger partial charge >= 0.3 is 5.76 Å². The van der Waals surface area contributed by atoms with Crippen LogP contribution in [0.2, 0.25) is 0 Å². The van der Waals surface area contributed by atoms with E-state index in [1.807, 2.05) is 6.07 Å². The van der Waals surface area contributed by atoms with Crippen molar-refractivity contribution in [2.75, 3.05) is 46.8 Å². The average molecular weight is 360 g/mol. The highest BCUT2D eigenvalue weighted by Crippen LogP contribution is 2.12. The fraction of sp³-hybridized carbons (Fsp3) is 0.500. The maximum absolute atomic E-state index is 12.7. The molecule has 0 spiro atoms. The number of hydrogen-bond donors (Lipinski definition) is 0. The van der Waals surface area contributed by atoms with Gasteiger partial charge in [-0.2, -0.15) is 0 Å². The molecule has 2 aromatic rings. The van der Waals surface area contributed by atoms with Gasteiger partial charge < -0.3 is 14.2 Å². The van der Waals surface area contributed by atoms with Gasteiger partial charge in [-0.15, -0.1) is 0 Å². The van der Waals surface area contributed by atoms with Crippen LogP contribution in [-0.4, -0.2) is 77.9 Å². The van der Waals surface area contributed by atoms with Crippen LogP contribution < -0.4 is 5.76 Å². The van der Waals surface area contributed by atoms with Crippen LogP contribution in [0.15, 0.2) is 33.5 Å². The number of aromatic nitrogens is 1. The lowest BCUT2D eigenvalue weighted by Gasteiger charge is -2.22. The van der Waals surface area contributed by atoms with Gasteiger partial charge in [0.05, 0.1) is 12.1 Å². The van der Waals surface area contributed by atoms with E-state index in [2.05, 4.69) is 4.90 Å². The summed E-state index contributed by atoms with van der Waals surface area (Å²) in [5.41, 5.74) is 1.11. The zero-order valence-electron chi connectivity index (χ0n) is 15.2. The molecule has 0 aliphatic carbocycles. The largest absolute Gasteiger partial charge is 0.420 e. The number of carbonyl (C=O) groups excluding carboxylic acids is 2. The van der Waals surface area contributed by atoms with E-state index in [0.717, 1.165) is 13.0 Å². The molecule has 2 heterocycles. The molecule has 3 rings (SSSR count). The van der Waals surface area contributed by atoms with Crippen LogP contribution in [0.1, 0.15) is 6.42 Å². The van der Waals surface area contributed by atoms with E-state index in [1.165, 1.54) is 4.57 Å². The van der Waals surface area contributed by atoms with E-state index >= 15 is 0 Å². The fourth-order valence-electron chi connectivity index (χ4n) is 3.11. The van der Waals surface area contributed by atoms with E-state index in [0.29, 0.717) is 37.3 Å². The lowest BCUT2D eigenvalue weighted by Crippen LogP contribution is -2.40. The number of benzene rings is 1. The number of carbonyl (C=O) groups is 2. The zero-order chi connectivity index (χ0) is 18.7. The van der Waals surface area contributed by atoms with Crippen molar-refractivity contribution in [3.8, 4) is 0 Å². The van der Waals surface area contributed by atoms with Gasteiger partial charge in [-0.3, -0.25) is 19.1 Å². The van der Waals surface area contributed by atoms with Crippen molar-refractivity contribution < 1.29 is 14.0 Å². The minimum absolute atomic E-state index is 0.0352. The van der Waals surface area contributed by atoms with Crippen molar-refractivity contribution in [1.29, 1.82) is 0 Å². The summed E-state index contributed by atoms with van der Waals surface area (Å²) in [4.78, 5) is 42.0. The number of fused-ring (bicyclic) bond motifs is 1. The van der Waals surface area contributed by atoms with Crippen LogP contribution in [0.4, 0.5) is 0 Å². The molecule has 2 amide bonds. The predicted octanol–water partition coefficient (Wildman–Crippen LogP) is 0.217. The van der Waals surface area contributed by atoms with Crippen molar-refractivity contribution >= 4 is 22.9 Å². The first kappa shape index (κ1) is 18.2. The Morgan fingerprint density at radius 1 is 1.08 bits per heavy atom. The van der Waals surface area contributed by atoms with Crippen molar-refractivity contribution in [2.24, 2.45) is 0 Å². The molecule has 0 unspecified atom stereocenters. The Kier molecular flexibility index (Phi) is 5.41. The second-order valence-electron chi connectivity index (χ2n) is 6.72. The number of nitrogens with zero attached hydrogens (tertiary/aromatic N) is 4. The molecular weight excluding hydrogens is 336 g/mol. The third-order valence-electron chi connectivity index (χ3n) is 4.67. The van der Waals surface area contributed by atoms with Crippen LogP contribution in [-0.2, 0) is 16.1 Å². The smallest absolute Gasteiger partial charge is 0.408 e. The molecule has 1 saturated heterocycles. The number of amides is 2. The summed E-state index contributed by atoms with van der Waals surface area (Å²) in [6, 6.07) is 7.08. The van der Waals surface area contributed by atoms with E-state index in [4.69, 9.17) is 4.42 Å². The molecule has 0 N–H and O–H groups in total. The second-order valence-corrected chi connectivity index (χ2v) is 6.72. The second kappa shape index (κ2) is 7.74. The Bertz CT molecular complexity index is 854. The molecule has 8 heteroatoms. The summed E-state index contributed by atoms with van der Waals surface area (Å²) in [6.45, 7) is 2.91. The lowest BCUT2D eigenvalue weighted by atomic mass is 10.3. The third-order valence-corrected chi connectivity index (χ3v) is 4.67. The monoisotopic (exact) mass is 360 g/mol. The Hall–Kier alpha value is -2.61. The number of para-hydroxylation sites is 2. The summed E-state index contributed by atoms with van der Waals surface area (Å²) in [5.74, 6) is -0.576. The first-order chi connectivity index (χ1) is 12.5. The van der Waals surface area contributed by atoms with Gasteiger partial charge in [0, 0.05) is 40.3 Å². The van der Waals surface area contributed by atoms with Gasteiger partial charge in [0.1, 0.15) is 6.54 Å². The molecule has 1 aromatic heterocycles. The topological polar surface area (TPSA) is 79.0 Å². The predicted molar refractivity (Wildman–Crippen MR) is 96.8 cm³/mol. The number of rotatable bonds is 4. The Balaban J connectivity index is 1.64. The molecule has 1 aliphatic heterocycles. The first-order valence-electron chi connectivity index (χ1n) is 8.74. The van der Waals surface area contributed by atoms with Gasteiger partial charge in [-0.05, 0) is 18.6 Å². The summed E-state index contributed by atoms with van der Waals surface area (Å²) in [7, 11) is 3.48. The lowest BCUT2D eigenvalue weighted by molar-refractivity contribution is -0.131. The van der Waals surface area contributed by atoms with Crippen molar-refractivity contribution in [3.63, 3.8) is 0 Å². The van der Waals surface area contributed by atoms with E-state index in [9.17, 15) is 14.4 Å². The van der Waals surface area contributed by atoms with Crippen molar-refractivity contribution in [1.82, 2.24) is 19.3 Å². The summed E-state index contributed by atoms with van der Waals surface area (Å²) < 4.78 is 6.55. The van der Waals surface area contributed by atoms with Gasteiger partial charge in [-0.1, -0.05) is 12.1 Å². The van der Waals surface area contributed by atoms with E-state index < -0.39 is 5.76 Å². The molecule has 0 atom stereocenters. The molecule has 1 aromatic carbocycles. The molecular formula is C18H24N4O4. The van der Waals surface area contributed by atoms with Crippen LogP contribution in [0, 0.1) is 0 Å². The van der Waals surface area contributed by atoms with Crippen LogP contribution >= 0.6 is 0 Å². The highest BCUT2D eigenvalue weighted by molar-refractivity contribution is 5.80. The van der Waals surface area contributed by atoms with Crippen molar-refractivity contribution in [2.45, 2.75) is 13.0 Å². The molecule has 26 heavy (non-hydrogen) atoms. The summed E-state index contributed by atoms with van der Waals surface area (Å²) in [5, 5.41) is 0. The average Bonchev–Trinajstić information content (AvgIpc) is 2.78. The minimum atomic E-state index is -0.521. The normalized spacial score (nSPS) is 15.8. The van der Waals surface area contributed by atoms with Gasteiger partial charge in [0.15, 0.2) is 5.58 Å². The van der Waals surface area contributed by atoms with Crippen LogP contribution in [0.3, 0.4) is 0 Å². The molecule has 8 nitrogen and oxygen atoms in total. The Labute approximate surface area is 151 Å². The van der Waals surface area contributed by atoms with E-state index in [-0.39, 0.29) is 18.4 Å². The quantitative estimate of drug-likeness (QED) is 0.779. The SMILES string of the molecule is CN(C)C(=O)CN1CCCN(C(=O)Cn2c(=O)oc3ccccc32)CC1. The minimum Gasteiger partial charge on any atom is -0.408 e. The van der Waals surface area contributed by atoms with Gasteiger partial charge in [0.25, 0.3) is 0 Å². The maximum Gasteiger partial charge on any atom is 0.420 e. The van der Waals surface area contributed by atoms with E-state index in [1.54, 1.807) is 42.1 Å². The fourth-order valence-corrected chi connectivity index (χ4v) is 3.11. The van der Waals surface area contributed by atoms with Gasteiger partial charge in [0.2, 0.25) is 11.8 Å². The first-order valence-corrected chi connectivity index (χ1v) is 8.74. The van der Waals surface area contributed by atoms with Crippen LogP contribution in [0.25, 0.3) is 11.1 Å². The molecule has 1 fully saturated rings. The molecule has 0 saturated carbocycles. The van der Waals surface area contributed by atoms with Crippen LogP contribution in [0.5, 0.6) is 0 Å². The summed E-state index contributed by atoms with van der Waals surface area (Å²) in [6.07, 6.45) is 0.799. The number of likely N-dealkylation sites (N-methyl/N-ethyl adjacent to an activating group) is 1. The Morgan fingerprint density at radius 2 is 1.85 bits per heavy atom. The molecule has 140 valence electrons.